The molecule has 5 nitrogen and oxygen atoms in total. The third-order valence-electron chi connectivity index (χ3n) is 3.71. The fraction of sp³-hybridized carbons (Fsp3) is 0.125. The van der Waals surface area contributed by atoms with Crippen LogP contribution in [0.4, 0.5) is 10.5 Å². The summed E-state index contributed by atoms with van der Waals surface area (Å²) in [6, 6.07) is 8.67. The van der Waals surface area contributed by atoms with Crippen LogP contribution in [0, 0.1) is 6.92 Å². The van der Waals surface area contributed by atoms with Gasteiger partial charge in [-0.15, -0.1) is 0 Å². The van der Waals surface area contributed by atoms with Crippen molar-refractivity contribution in [1.29, 1.82) is 0 Å². The Morgan fingerprint density at radius 2 is 1.96 bits per heavy atom. The molecule has 1 heterocycles. The van der Waals surface area contributed by atoms with Crippen molar-refractivity contribution in [3.63, 3.8) is 0 Å². The molecule has 0 fully saturated rings. The van der Waals surface area contributed by atoms with Crippen LogP contribution < -0.4 is 5.32 Å². The highest BCUT2D eigenvalue weighted by Crippen LogP contribution is 2.37. The summed E-state index contributed by atoms with van der Waals surface area (Å²) in [5.74, 6) is 0. The standard InChI is InChI=1S/C16H13Cl2N3O2/c1-8-12-6-10(19-16(22)23)7-13(15(12)20-21(8)2)11-4-3-9(17)5-14(11)18/h3-7,19H,1-2H3,(H,22,23). The predicted molar refractivity (Wildman–Crippen MR) is 92.6 cm³/mol. The first kappa shape index (κ1) is 15.6. The number of benzene rings is 2. The van der Waals surface area contributed by atoms with Crippen LogP contribution in [0.1, 0.15) is 5.69 Å². The number of hydrogen-bond donors (Lipinski definition) is 2. The van der Waals surface area contributed by atoms with E-state index in [1.54, 1.807) is 35.0 Å². The monoisotopic (exact) mass is 349 g/mol. The minimum atomic E-state index is -1.13. The van der Waals surface area contributed by atoms with Crippen LogP contribution in [0.5, 0.6) is 0 Å². The maximum absolute atomic E-state index is 11.0. The zero-order valence-electron chi connectivity index (χ0n) is 12.4. The van der Waals surface area contributed by atoms with Crippen molar-refractivity contribution in [3.8, 4) is 11.1 Å². The van der Waals surface area contributed by atoms with Crippen molar-refractivity contribution in [2.24, 2.45) is 7.05 Å². The lowest BCUT2D eigenvalue weighted by atomic mass is 10.0. The first-order chi connectivity index (χ1) is 10.9. The average Bonchev–Trinajstić information content (AvgIpc) is 2.74. The van der Waals surface area contributed by atoms with Gasteiger partial charge in [-0.05, 0) is 31.2 Å². The zero-order valence-corrected chi connectivity index (χ0v) is 13.9. The van der Waals surface area contributed by atoms with Gasteiger partial charge in [-0.25, -0.2) is 4.79 Å². The Bertz CT molecular complexity index is 935. The smallest absolute Gasteiger partial charge is 0.409 e. The number of anilines is 1. The summed E-state index contributed by atoms with van der Waals surface area (Å²) in [5, 5.41) is 17.8. The lowest BCUT2D eigenvalue weighted by Gasteiger charge is -2.09. The molecule has 3 rings (SSSR count). The van der Waals surface area contributed by atoms with E-state index in [-0.39, 0.29) is 0 Å². The van der Waals surface area contributed by atoms with Gasteiger partial charge >= 0.3 is 6.09 Å². The summed E-state index contributed by atoms with van der Waals surface area (Å²) >= 11 is 12.3. The second-order valence-corrected chi connectivity index (χ2v) is 6.03. The summed E-state index contributed by atoms with van der Waals surface area (Å²) in [7, 11) is 1.84. The van der Waals surface area contributed by atoms with Crippen molar-refractivity contribution >= 4 is 45.9 Å². The van der Waals surface area contributed by atoms with Gasteiger partial charge in [0.15, 0.2) is 0 Å². The summed E-state index contributed by atoms with van der Waals surface area (Å²) < 4.78 is 1.75. The number of nitrogens with zero attached hydrogens (tertiary/aromatic N) is 2. The van der Waals surface area contributed by atoms with Gasteiger partial charge in [0, 0.05) is 45.0 Å². The zero-order chi connectivity index (χ0) is 16.7. The van der Waals surface area contributed by atoms with E-state index in [1.165, 1.54) is 0 Å². The van der Waals surface area contributed by atoms with Gasteiger partial charge in [-0.2, -0.15) is 5.10 Å². The molecule has 0 spiro atoms. The summed E-state index contributed by atoms with van der Waals surface area (Å²) in [5.41, 5.74) is 3.64. The molecule has 0 radical (unpaired) electrons. The molecular formula is C16H13Cl2N3O2. The van der Waals surface area contributed by atoms with Crippen LogP contribution in [-0.4, -0.2) is 21.0 Å². The van der Waals surface area contributed by atoms with E-state index in [9.17, 15) is 4.79 Å². The van der Waals surface area contributed by atoms with Crippen LogP contribution >= 0.6 is 23.2 Å². The maximum Gasteiger partial charge on any atom is 0.409 e. The molecule has 0 aliphatic heterocycles. The summed E-state index contributed by atoms with van der Waals surface area (Å²) in [6.07, 6.45) is -1.13. The maximum atomic E-state index is 11.0. The fourth-order valence-electron chi connectivity index (χ4n) is 2.53. The molecule has 2 N–H and O–H groups in total. The van der Waals surface area contributed by atoms with Gasteiger partial charge in [-0.3, -0.25) is 10.00 Å². The quantitative estimate of drug-likeness (QED) is 0.687. The highest BCUT2D eigenvalue weighted by molar-refractivity contribution is 6.36. The van der Waals surface area contributed by atoms with E-state index in [0.29, 0.717) is 15.7 Å². The first-order valence-corrected chi connectivity index (χ1v) is 7.55. The first-order valence-electron chi connectivity index (χ1n) is 6.79. The molecule has 3 aromatic rings. The Labute approximate surface area is 142 Å². The van der Waals surface area contributed by atoms with E-state index < -0.39 is 6.09 Å². The number of halogens is 2. The predicted octanol–water partition coefficient (Wildman–Crippen LogP) is 4.95. The van der Waals surface area contributed by atoms with Gasteiger partial charge in [0.05, 0.1) is 0 Å². The Balaban J connectivity index is 2.33. The number of rotatable bonds is 2. The average molecular weight is 350 g/mol. The van der Waals surface area contributed by atoms with E-state index in [0.717, 1.165) is 27.7 Å². The molecule has 0 aliphatic rings. The van der Waals surface area contributed by atoms with Crippen molar-refractivity contribution in [3.05, 3.63) is 46.1 Å². The molecule has 0 atom stereocenters. The number of aromatic nitrogens is 2. The van der Waals surface area contributed by atoms with Gasteiger partial charge in [0.2, 0.25) is 0 Å². The number of carboxylic acid groups (broad SMARTS) is 1. The lowest BCUT2D eigenvalue weighted by Crippen LogP contribution is -2.07. The molecule has 0 saturated carbocycles. The molecular weight excluding hydrogens is 337 g/mol. The Morgan fingerprint density at radius 3 is 2.61 bits per heavy atom. The number of amides is 1. The van der Waals surface area contributed by atoms with Crippen LogP contribution in [0.15, 0.2) is 30.3 Å². The Morgan fingerprint density at radius 1 is 1.22 bits per heavy atom. The van der Waals surface area contributed by atoms with Gasteiger partial charge in [-0.1, -0.05) is 29.3 Å². The molecule has 23 heavy (non-hydrogen) atoms. The van der Waals surface area contributed by atoms with E-state index >= 15 is 0 Å². The SMILES string of the molecule is Cc1c2cc(NC(=O)O)cc(-c3ccc(Cl)cc3Cl)c2nn1C. The number of fused-ring (bicyclic) bond motifs is 1. The second kappa shape index (κ2) is 5.76. The van der Waals surface area contributed by atoms with E-state index in [2.05, 4.69) is 10.4 Å². The topological polar surface area (TPSA) is 67.2 Å². The lowest BCUT2D eigenvalue weighted by molar-refractivity contribution is 0.210. The van der Waals surface area contributed by atoms with Crippen LogP contribution in [0.25, 0.3) is 22.0 Å². The Kier molecular flexibility index (Phi) is 3.92. The minimum absolute atomic E-state index is 0.460. The van der Waals surface area contributed by atoms with Crippen molar-refractivity contribution < 1.29 is 9.90 Å². The highest BCUT2D eigenvalue weighted by atomic mass is 35.5. The molecule has 0 aliphatic carbocycles. The number of carbonyl (C=O) groups is 1. The number of aryl methyl sites for hydroxylation is 2. The molecule has 118 valence electrons. The molecule has 0 saturated heterocycles. The number of hydrogen-bond acceptors (Lipinski definition) is 2. The highest BCUT2D eigenvalue weighted by Gasteiger charge is 2.16. The van der Waals surface area contributed by atoms with E-state index in [1.807, 2.05) is 14.0 Å². The van der Waals surface area contributed by atoms with Crippen LogP contribution in [0.2, 0.25) is 10.0 Å². The van der Waals surface area contributed by atoms with Gasteiger partial charge < -0.3 is 5.11 Å². The third kappa shape index (κ3) is 2.85. The van der Waals surface area contributed by atoms with Crippen molar-refractivity contribution in [1.82, 2.24) is 9.78 Å². The summed E-state index contributed by atoms with van der Waals surface area (Å²) in [4.78, 5) is 11.0. The van der Waals surface area contributed by atoms with E-state index in [4.69, 9.17) is 28.3 Å². The molecule has 7 heteroatoms. The molecule has 2 aromatic carbocycles. The fourth-order valence-corrected chi connectivity index (χ4v) is 3.04. The van der Waals surface area contributed by atoms with Gasteiger partial charge in [0.1, 0.15) is 5.52 Å². The minimum Gasteiger partial charge on any atom is -0.465 e. The van der Waals surface area contributed by atoms with Crippen LogP contribution in [0.3, 0.4) is 0 Å². The molecule has 0 unspecified atom stereocenters. The molecule has 0 bridgehead atoms. The second-order valence-electron chi connectivity index (χ2n) is 5.18. The van der Waals surface area contributed by atoms with Gasteiger partial charge in [0.25, 0.3) is 0 Å². The Hall–Kier alpha value is -2.24. The van der Waals surface area contributed by atoms with Crippen molar-refractivity contribution in [2.75, 3.05) is 5.32 Å². The normalized spacial score (nSPS) is 11.0. The summed E-state index contributed by atoms with van der Waals surface area (Å²) in [6.45, 7) is 1.92. The van der Waals surface area contributed by atoms with Crippen molar-refractivity contribution in [2.45, 2.75) is 6.92 Å². The molecule has 1 aromatic heterocycles. The third-order valence-corrected chi connectivity index (χ3v) is 4.26. The number of nitrogens with one attached hydrogen (secondary N) is 1. The van der Waals surface area contributed by atoms with Crippen LogP contribution in [-0.2, 0) is 7.05 Å². The molecule has 1 amide bonds. The largest absolute Gasteiger partial charge is 0.465 e.